The van der Waals surface area contributed by atoms with Crippen LogP contribution in [0.2, 0.25) is 0 Å². The molecule has 1 aromatic carbocycles. The number of aliphatic hydroxyl groups is 1. The van der Waals surface area contributed by atoms with Crippen molar-refractivity contribution in [1.29, 1.82) is 0 Å². The fourth-order valence-electron chi connectivity index (χ4n) is 3.27. The number of aromatic nitrogens is 3. The zero-order valence-corrected chi connectivity index (χ0v) is 18.8. The largest absolute Gasteiger partial charge is 0.508 e. The van der Waals surface area contributed by atoms with Gasteiger partial charge >= 0.3 is 0 Å². The van der Waals surface area contributed by atoms with Gasteiger partial charge in [0, 0.05) is 23.2 Å². The van der Waals surface area contributed by atoms with Gasteiger partial charge in [0.05, 0.1) is 18.8 Å². The molecule has 1 aliphatic heterocycles. The van der Waals surface area contributed by atoms with Crippen LogP contribution in [0.1, 0.15) is 23.9 Å². The van der Waals surface area contributed by atoms with E-state index >= 15 is 0 Å². The third-order valence-electron chi connectivity index (χ3n) is 4.99. The fourth-order valence-corrected chi connectivity index (χ4v) is 4.50. The highest BCUT2D eigenvalue weighted by Crippen LogP contribution is 2.20. The monoisotopic (exact) mass is 465 g/mol. The minimum Gasteiger partial charge on any atom is -0.508 e. The summed E-state index contributed by atoms with van der Waals surface area (Å²) in [5.74, 6) is 0.510. The number of allylic oxidation sites excluding steroid dienone is 3. The van der Waals surface area contributed by atoms with Gasteiger partial charge in [0.2, 0.25) is 21.7 Å². The molecular formula is C23H23N5O4S. The Hall–Kier alpha value is -3.92. The summed E-state index contributed by atoms with van der Waals surface area (Å²) >= 11 is 0. The molecule has 0 fully saturated rings. The third kappa shape index (κ3) is 5.66. The molecule has 10 heteroatoms. The maximum Gasteiger partial charge on any atom is 0.246 e. The Bertz CT molecular complexity index is 1310. The Morgan fingerprint density at radius 1 is 1.21 bits per heavy atom. The van der Waals surface area contributed by atoms with E-state index in [1.807, 2.05) is 36.1 Å². The number of hydrogen-bond acceptors (Lipinski definition) is 8. The average molecular weight is 466 g/mol. The van der Waals surface area contributed by atoms with Gasteiger partial charge in [-0.1, -0.05) is 42.1 Å². The molecule has 9 nitrogen and oxygen atoms in total. The molecule has 3 heterocycles. The van der Waals surface area contributed by atoms with Crippen LogP contribution in [0.25, 0.3) is 17.3 Å². The maximum atomic E-state index is 12.6. The molecule has 170 valence electrons. The van der Waals surface area contributed by atoms with E-state index in [-0.39, 0.29) is 11.5 Å². The van der Waals surface area contributed by atoms with Gasteiger partial charge < -0.3 is 14.5 Å². The lowest BCUT2D eigenvalue weighted by Gasteiger charge is -2.28. The second kappa shape index (κ2) is 9.29. The van der Waals surface area contributed by atoms with E-state index in [2.05, 4.69) is 26.4 Å². The van der Waals surface area contributed by atoms with Crippen LogP contribution in [0.4, 0.5) is 0 Å². The van der Waals surface area contributed by atoms with E-state index in [0.29, 0.717) is 47.3 Å². The van der Waals surface area contributed by atoms with E-state index in [4.69, 9.17) is 4.52 Å². The first-order chi connectivity index (χ1) is 15.8. The second-order valence-electron chi connectivity index (χ2n) is 7.59. The van der Waals surface area contributed by atoms with Gasteiger partial charge in [-0.25, -0.2) is 8.42 Å². The average Bonchev–Trinajstić information content (AvgIpc) is 3.25. The van der Waals surface area contributed by atoms with Gasteiger partial charge in [-0.15, -0.1) is 0 Å². The molecule has 0 aliphatic carbocycles. The van der Waals surface area contributed by atoms with Crippen LogP contribution in [-0.2, 0) is 22.3 Å². The number of rotatable bonds is 8. The predicted octanol–water partition coefficient (Wildman–Crippen LogP) is 3.38. The molecule has 0 spiro atoms. The zero-order chi connectivity index (χ0) is 23.4. The van der Waals surface area contributed by atoms with Crippen molar-refractivity contribution >= 4 is 15.8 Å². The van der Waals surface area contributed by atoms with E-state index in [1.54, 1.807) is 30.3 Å². The van der Waals surface area contributed by atoms with E-state index in [0.717, 1.165) is 5.70 Å². The molecule has 33 heavy (non-hydrogen) atoms. The summed E-state index contributed by atoms with van der Waals surface area (Å²) in [6, 6.07) is 12.4. The summed E-state index contributed by atoms with van der Waals surface area (Å²) < 4.78 is 33.2. The summed E-state index contributed by atoms with van der Waals surface area (Å²) in [5, 5.41) is 13.4. The Morgan fingerprint density at radius 3 is 2.70 bits per heavy atom. The molecule has 1 aliphatic rings. The molecule has 0 saturated carbocycles. The van der Waals surface area contributed by atoms with Gasteiger partial charge in [0.25, 0.3) is 0 Å². The molecule has 0 saturated heterocycles. The van der Waals surface area contributed by atoms with E-state index in [1.165, 1.54) is 6.20 Å². The van der Waals surface area contributed by atoms with Crippen LogP contribution >= 0.6 is 0 Å². The molecule has 0 amide bonds. The van der Waals surface area contributed by atoms with Crippen molar-refractivity contribution in [3.8, 4) is 11.5 Å². The minimum absolute atomic E-state index is 0.0709. The highest BCUT2D eigenvalue weighted by atomic mass is 32.2. The van der Waals surface area contributed by atoms with Crippen LogP contribution in [-0.4, -0.2) is 40.1 Å². The molecule has 0 unspecified atom stereocenters. The third-order valence-corrected chi connectivity index (χ3v) is 6.28. The Balaban J connectivity index is 1.41. The summed E-state index contributed by atoms with van der Waals surface area (Å²) in [4.78, 5) is 10.5. The minimum atomic E-state index is -3.55. The molecule has 0 bridgehead atoms. The van der Waals surface area contributed by atoms with E-state index in [9.17, 15) is 13.5 Å². The number of nitrogens with zero attached hydrogens (tertiary/aromatic N) is 4. The van der Waals surface area contributed by atoms with Crippen molar-refractivity contribution in [2.75, 3.05) is 6.54 Å². The van der Waals surface area contributed by atoms with Crippen LogP contribution in [0, 0.1) is 0 Å². The normalized spacial score (nSPS) is 13.9. The van der Waals surface area contributed by atoms with Crippen LogP contribution in [0.15, 0.2) is 83.3 Å². The number of nitrogens with one attached hydrogen (secondary N) is 1. The predicted molar refractivity (Wildman–Crippen MR) is 124 cm³/mol. The molecule has 2 N–H and O–H groups in total. The standard InChI is InChI=1S/C23H23N5O4S/c1-16-8-10-20(27-33(30,31)15-18-6-4-3-5-7-18)13-28(16)14-22-25-23(26-32-22)21-11-9-19(12-24-21)17(2)29/h3-12,27,29H,2,13-15H2,1H3. The number of hydrogen-bond donors (Lipinski definition) is 2. The molecule has 2 aromatic heterocycles. The van der Waals surface area contributed by atoms with Crippen molar-refractivity contribution in [1.82, 2.24) is 24.7 Å². The van der Waals surface area contributed by atoms with Gasteiger partial charge in [-0.05, 0) is 36.8 Å². The first-order valence-corrected chi connectivity index (χ1v) is 11.8. The quantitative estimate of drug-likeness (QED) is 0.486. The number of aliphatic hydroxyl groups excluding tert-OH is 1. The lowest BCUT2D eigenvalue weighted by molar-refractivity contribution is 0.284. The summed E-state index contributed by atoms with van der Waals surface area (Å²) in [7, 11) is -3.55. The lowest BCUT2D eigenvalue weighted by atomic mass is 10.2. The Kier molecular flexibility index (Phi) is 6.27. The van der Waals surface area contributed by atoms with Crippen LogP contribution < -0.4 is 4.72 Å². The second-order valence-corrected chi connectivity index (χ2v) is 9.32. The van der Waals surface area contributed by atoms with Crippen molar-refractivity contribution in [3.63, 3.8) is 0 Å². The number of benzene rings is 1. The van der Waals surface area contributed by atoms with E-state index < -0.39 is 10.0 Å². The highest BCUT2D eigenvalue weighted by Gasteiger charge is 2.20. The summed E-state index contributed by atoms with van der Waals surface area (Å²) in [6.07, 6.45) is 5.07. The Labute approximate surface area is 191 Å². The smallest absolute Gasteiger partial charge is 0.246 e. The van der Waals surface area contributed by atoms with Crippen molar-refractivity contribution < 1.29 is 18.0 Å². The lowest BCUT2D eigenvalue weighted by Crippen LogP contribution is -2.34. The summed E-state index contributed by atoms with van der Waals surface area (Å²) in [6.45, 7) is 6.03. The number of sulfonamides is 1. The molecule has 0 atom stereocenters. The van der Waals surface area contributed by atoms with Crippen LogP contribution in [0.5, 0.6) is 0 Å². The van der Waals surface area contributed by atoms with Gasteiger partial charge in [0.1, 0.15) is 11.5 Å². The summed E-state index contributed by atoms with van der Waals surface area (Å²) in [5.41, 5.74) is 3.21. The first-order valence-electron chi connectivity index (χ1n) is 10.1. The molecule has 0 radical (unpaired) electrons. The zero-order valence-electron chi connectivity index (χ0n) is 18.0. The maximum absolute atomic E-state index is 12.6. The molecule has 3 aromatic rings. The van der Waals surface area contributed by atoms with Gasteiger partial charge in [-0.3, -0.25) is 9.71 Å². The Morgan fingerprint density at radius 2 is 2.00 bits per heavy atom. The molecule has 4 rings (SSSR count). The van der Waals surface area contributed by atoms with Gasteiger partial charge in [0.15, 0.2) is 0 Å². The van der Waals surface area contributed by atoms with Crippen molar-refractivity contribution in [2.24, 2.45) is 0 Å². The van der Waals surface area contributed by atoms with Crippen LogP contribution in [0.3, 0.4) is 0 Å². The molecular weight excluding hydrogens is 442 g/mol. The first kappa shape index (κ1) is 22.3. The SMILES string of the molecule is C=C(O)c1ccc(-c2noc(CN3CC(NS(=O)(=O)Cc4ccccc4)=CC=C3C)n2)nc1. The topological polar surface area (TPSA) is 121 Å². The number of pyridine rings is 1. The van der Waals surface area contributed by atoms with Crippen molar-refractivity contribution in [3.05, 3.63) is 95.8 Å². The van der Waals surface area contributed by atoms with Gasteiger partial charge in [-0.2, -0.15) is 4.98 Å². The highest BCUT2D eigenvalue weighted by molar-refractivity contribution is 7.88. The van der Waals surface area contributed by atoms with Crippen molar-refractivity contribution in [2.45, 2.75) is 19.2 Å². The fraction of sp³-hybridized carbons (Fsp3) is 0.174.